The van der Waals surface area contributed by atoms with Crippen LogP contribution in [0, 0.1) is 35.5 Å². The molecular weight excluding hydrogens is 1270 g/mol. The van der Waals surface area contributed by atoms with Gasteiger partial charge in [0, 0.05) is 84.9 Å². The molecule has 6 aliphatic heterocycles. The number of imidazole rings is 3. The monoisotopic (exact) mass is 1380 g/mol. The topological polar surface area (TPSA) is 166 Å². The molecule has 103 heavy (non-hydrogen) atoms. The molecule has 542 valence electrons. The second-order valence-electron chi connectivity index (χ2n) is 34.8. The summed E-state index contributed by atoms with van der Waals surface area (Å²) in [7, 11) is 1.63. The first-order chi connectivity index (χ1) is 50.9. The van der Waals surface area contributed by atoms with Crippen LogP contribution in [0.3, 0.4) is 0 Å². The van der Waals surface area contributed by atoms with Crippen LogP contribution in [0.4, 0.5) is 0 Å². The molecule has 0 amide bonds. The van der Waals surface area contributed by atoms with Crippen LogP contribution in [0.5, 0.6) is 5.88 Å². The summed E-state index contributed by atoms with van der Waals surface area (Å²) < 4.78 is 12.8. The smallest absolute Gasteiger partial charge is 0.232 e. The maximum atomic E-state index is 5.26. The van der Waals surface area contributed by atoms with Gasteiger partial charge in [0.2, 0.25) is 5.88 Å². The summed E-state index contributed by atoms with van der Waals surface area (Å²) >= 11 is 0. The van der Waals surface area contributed by atoms with Crippen molar-refractivity contribution < 1.29 is 4.74 Å². The minimum absolute atomic E-state index is 0.453. The van der Waals surface area contributed by atoms with Crippen molar-refractivity contribution in [3.8, 4) is 40.6 Å². The molecule has 3 aromatic carbocycles. The molecule has 17 nitrogen and oxygen atoms in total. The molecule has 0 radical (unpaired) electrons. The Kier molecular flexibility index (Phi) is 19.1. The summed E-state index contributed by atoms with van der Waals surface area (Å²) in [5.74, 6) is 10.1. The Morgan fingerprint density at radius 3 is 1.04 bits per heavy atom. The van der Waals surface area contributed by atoms with Gasteiger partial charge in [-0.15, -0.1) is 0 Å². The van der Waals surface area contributed by atoms with Crippen LogP contribution in [0.15, 0.2) is 110 Å². The van der Waals surface area contributed by atoms with E-state index in [9.17, 15) is 0 Å². The fourth-order valence-electron chi connectivity index (χ4n) is 25.0. The Bertz CT molecular complexity index is 4230. The van der Waals surface area contributed by atoms with Crippen molar-refractivity contribution in [1.29, 1.82) is 0 Å². The quantitative estimate of drug-likeness (QED) is 0.138. The lowest BCUT2D eigenvalue weighted by atomic mass is 9.73. The molecule has 12 aliphatic rings. The Hall–Kier alpha value is -6.95. The molecule has 12 bridgehead atoms. The van der Waals surface area contributed by atoms with Gasteiger partial charge in [0.25, 0.3) is 0 Å². The number of nitrogens with zero attached hydrogens (tertiary/aromatic N) is 15. The lowest BCUT2D eigenvalue weighted by Gasteiger charge is -2.54. The van der Waals surface area contributed by atoms with Crippen LogP contribution in [0.25, 0.3) is 67.8 Å². The molecule has 17 heteroatoms. The van der Waals surface area contributed by atoms with Gasteiger partial charge < -0.3 is 18.4 Å². The van der Waals surface area contributed by atoms with Crippen molar-refractivity contribution in [2.75, 3.05) is 7.11 Å². The number of para-hydroxylation sites is 6. The lowest BCUT2D eigenvalue weighted by molar-refractivity contribution is -0.0416. The molecule has 1 N–H and O–H groups in total. The van der Waals surface area contributed by atoms with E-state index >= 15 is 0 Å². The van der Waals surface area contributed by atoms with Crippen molar-refractivity contribution in [3.63, 3.8) is 0 Å². The molecule has 21 rings (SSSR count). The van der Waals surface area contributed by atoms with E-state index in [-0.39, 0.29) is 0 Å². The molecule has 6 aromatic heterocycles. The van der Waals surface area contributed by atoms with Gasteiger partial charge in [-0.1, -0.05) is 133 Å². The molecule has 6 saturated heterocycles. The molecule has 9 aromatic rings. The zero-order valence-corrected chi connectivity index (χ0v) is 61.4. The Morgan fingerprint density at radius 1 is 0.330 bits per heavy atom. The summed E-state index contributed by atoms with van der Waals surface area (Å²) in [6.45, 7) is 0. The predicted molar refractivity (Wildman–Crippen MR) is 407 cm³/mol. The zero-order valence-electron chi connectivity index (χ0n) is 61.4. The maximum Gasteiger partial charge on any atom is 0.232 e. The van der Waals surface area contributed by atoms with Crippen LogP contribution in [-0.4, -0.2) is 140 Å². The molecule has 0 spiro atoms. The maximum absolute atomic E-state index is 5.26. The van der Waals surface area contributed by atoms with Crippen LogP contribution in [0.1, 0.15) is 249 Å². The third-order valence-electron chi connectivity index (χ3n) is 28.7. The first-order valence-electron chi connectivity index (χ1n) is 41.6. The van der Waals surface area contributed by atoms with E-state index in [0.717, 1.165) is 129 Å². The van der Waals surface area contributed by atoms with E-state index in [1.165, 1.54) is 248 Å². The summed E-state index contributed by atoms with van der Waals surface area (Å²) in [5.41, 5.74) is 8.63. The molecule has 12 heterocycles. The van der Waals surface area contributed by atoms with Crippen LogP contribution >= 0.6 is 0 Å². The van der Waals surface area contributed by atoms with Gasteiger partial charge in [-0.2, -0.15) is 5.10 Å². The number of aromatic amines is 1. The van der Waals surface area contributed by atoms with Gasteiger partial charge in [-0.3, -0.25) is 24.8 Å². The number of nitrogens with one attached hydrogen (secondary N) is 1. The fraction of sp³-hybridized carbons (Fsp3) is 0.640. The van der Waals surface area contributed by atoms with Gasteiger partial charge in [0.15, 0.2) is 23.3 Å². The summed E-state index contributed by atoms with van der Waals surface area (Å²) in [5, 5.41) is 7.20. The second-order valence-corrected chi connectivity index (χ2v) is 34.8. The largest absolute Gasteiger partial charge is 0.480 e. The highest BCUT2D eigenvalue weighted by atomic mass is 16.5. The first-order valence-corrected chi connectivity index (χ1v) is 41.6. The number of rotatable bonds is 10. The molecule has 18 atom stereocenters. The molecular formula is C86H112N16O. The number of hydrogen-bond donors (Lipinski definition) is 1. The van der Waals surface area contributed by atoms with Gasteiger partial charge >= 0.3 is 0 Å². The second kappa shape index (κ2) is 29.4. The van der Waals surface area contributed by atoms with Crippen molar-refractivity contribution in [3.05, 3.63) is 110 Å². The van der Waals surface area contributed by atoms with Gasteiger partial charge in [0.1, 0.15) is 17.7 Å². The third kappa shape index (κ3) is 13.4. The number of methoxy groups -OCH3 is 1. The van der Waals surface area contributed by atoms with Gasteiger partial charge in [0.05, 0.1) is 58.8 Å². The highest BCUT2D eigenvalue weighted by Crippen LogP contribution is 2.53. The number of fused-ring (bicyclic) bond motifs is 15. The van der Waals surface area contributed by atoms with Gasteiger partial charge in [-0.25, -0.2) is 34.9 Å². The number of hydrogen-bond acceptors (Lipinski definition) is 13. The highest BCUT2D eigenvalue weighted by molar-refractivity contribution is 5.82. The van der Waals surface area contributed by atoms with E-state index in [0.29, 0.717) is 36.1 Å². The van der Waals surface area contributed by atoms with Crippen LogP contribution < -0.4 is 4.74 Å². The molecule has 6 saturated carbocycles. The molecule has 12 fully saturated rings. The fourth-order valence-corrected chi connectivity index (χ4v) is 25.0. The van der Waals surface area contributed by atoms with Crippen molar-refractivity contribution in [2.24, 2.45) is 35.5 Å². The molecule has 6 unspecified atom stereocenters. The average molecular weight is 1390 g/mol. The molecule has 6 aliphatic carbocycles. The summed E-state index contributed by atoms with van der Waals surface area (Å²) in [4.78, 5) is 46.9. The lowest BCUT2D eigenvalue weighted by Crippen LogP contribution is -2.58. The standard InChI is InChI=1S/C30H39N5O.C29H37N5.C27H36N6/c1-36-29-19-31-27(18-32-29)30-33-26-11-4-5-12-28(26)35(30)25-16-22-9-6-10-23(17-25)34(22)24-14-20-7-2-3-8-21(13-20)15-24;1-2-7-21-14-20(6-1)15-24(16-21)33-22-8-5-9-23(33)18-25(17-22)34-28-11-4-3-10-26(28)32-29(34)27-19-30-12-13-31-27;1-2-7-19-12-18(6-1)13-22(14-19)32-20-8-5-9-21(32)16-23(15-20)33-25-11-4-3-10-24(25)30-27(33)26-28-17-29-31-26/h4-5,11-12,18-25H,2-3,6-10,13-17H2,1H3;3-4,10-13,19-25H,1-2,5-9,14-18H2;3-4,10-11,17-23H,1-2,5-9,12-16H2,(H,28,29,31)/t2*20-,21+,22-,23+,24?,25?;18-,19+,20-,21+,22?,23?. The van der Waals surface area contributed by atoms with E-state index in [4.69, 9.17) is 24.7 Å². The Labute approximate surface area is 610 Å². The van der Waals surface area contributed by atoms with Crippen LogP contribution in [0.2, 0.25) is 0 Å². The van der Waals surface area contributed by atoms with Crippen molar-refractivity contribution in [1.82, 2.24) is 78.5 Å². The van der Waals surface area contributed by atoms with Gasteiger partial charge in [-0.05, 0) is 207 Å². The highest BCUT2D eigenvalue weighted by Gasteiger charge is 2.49. The number of piperidine rings is 6. The number of benzene rings is 3. The van der Waals surface area contributed by atoms with Crippen molar-refractivity contribution in [2.45, 2.75) is 304 Å². The number of ether oxygens (including phenoxy) is 1. The van der Waals surface area contributed by atoms with E-state index in [1.807, 2.05) is 12.4 Å². The minimum Gasteiger partial charge on any atom is -0.480 e. The van der Waals surface area contributed by atoms with E-state index in [2.05, 4.69) is 131 Å². The van der Waals surface area contributed by atoms with E-state index < -0.39 is 0 Å². The Morgan fingerprint density at radius 2 is 0.699 bits per heavy atom. The first kappa shape index (κ1) is 66.7. The average Bonchev–Trinajstić information content (AvgIpc) is 1.71. The zero-order chi connectivity index (χ0) is 68.3. The summed E-state index contributed by atoms with van der Waals surface area (Å²) in [6.07, 6.45) is 61.3. The number of aromatic nitrogens is 13. The minimum atomic E-state index is 0.453. The van der Waals surface area contributed by atoms with Crippen molar-refractivity contribution >= 4 is 33.1 Å². The SMILES string of the molecule is COc1cnc(-c2nc3ccccc3n2C2C[C@H]3CCC[C@@H](C2)N3C2C[C@H]3CCCC[C@@H](C2)C3)cn1.c1ccc2c(c1)nc(-c1cnccn1)n2C1C[C@H]2CCC[C@@H](C1)N2C1C[C@H]2CCCC[C@@H](C1)C2.c1ccc2c(c1)nc(-c1ncn[nH]1)n2C1C[C@H]2CCC[C@@H](C1)N2C1C[C@H]2CCCC[C@@H](C1)C2. The van der Waals surface area contributed by atoms with E-state index in [1.54, 1.807) is 32.0 Å². The normalized spacial score (nSPS) is 33.9. The summed E-state index contributed by atoms with van der Waals surface area (Å²) in [6, 6.07) is 34.0. The Balaban J connectivity index is 0.000000107. The number of H-pyrrole nitrogens is 1. The van der Waals surface area contributed by atoms with Crippen LogP contribution in [-0.2, 0) is 0 Å². The predicted octanol–water partition coefficient (Wildman–Crippen LogP) is 18.6. The third-order valence-corrected chi connectivity index (χ3v) is 28.7.